The molecule has 0 fully saturated rings. The van der Waals surface area contributed by atoms with Crippen molar-refractivity contribution >= 4 is 27.5 Å². The lowest BCUT2D eigenvalue weighted by Gasteiger charge is -2.19. The zero-order valence-electron chi connectivity index (χ0n) is 13.0. The molecule has 0 bridgehead atoms. The summed E-state index contributed by atoms with van der Waals surface area (Å²) in [4.78, 5) is 12.0. The Balaban J connectivity index is 2.62. The summed E-state index contributed by atoms with van der Waals surface area (Å²) in [6, 6.07) is 3.91. The summed E-state index contributed by atoms with van der Waals surface area (Å²) in [5.41, 5.74) is 3.33. The van der Waals surface area contributed by atoms with Crippen molar-refractivity contribution in [2.24, 2.45) is 5.92 Å². The molecule has 1 aromatic carbocycles. The van der Waals surface area contributed by atoms with Crippen LogP contribution in [0.1, 0.15) is 38.3 Å². The Kier molecular flexibility index (Phi) is 6.53. The van der Waals surface area contributed by atoms with Crippen LogP contribution in [0.2, 0.25) is 0 Å². The lowest BCUT2D eigenvalue weighted by atomic mass is 10.1. The van der Waals surface area contributed by atoms with E-state index >= 15 is 0 Å². The van der Waals surface area contributed by atoms with E-state index in [1.165, 1.54) is 5.56 Å². The molecule has 20 heavy (non-hydrogen) atoms. The summed E-state index contributed by atoms with van der Waals surface area (Å²) in [7, 11) is 0. The number of hydrogen-bond donors (Lipinski definition) is 2. The summed E-state index contributed by atoms with van der Waals surface area (Å²) in [6.45, 7) is 11.0. The fraction of sp³-hybridized carbons (Fsp3) is 0.562. The highest BCUT2D eigenvalue weighted by atomic mass is 79.9. The van der Waals surface area contributed by atoms with Crippen LogP contribution in [0.15, 0.2) is 16.6 Å². The van der Waals surface area contributed by atoms with Gasteiger partial charge in [-0.15, -0.1) is 0 Å². The molecule has 0 saturated carbocycles. The number of halogens is 1. The molecule has 0 aromatic heterocycles. The van der Waals surface area contributed by atoms with Crippen molar-refractivity contribution in [3.63, 3.8) is 0 Å². The third-order valence-corrected chi connectivity index (χ3v) is 3.83. The molecule has 112 valence electrons. The zero-order chi connectivity index (χ0) is 15.3. The Bertz CT molecular complexity index is 449. The third-order valence-electron chi connectivity index (χ3n) is 3.21. The largest absolute Gasteiger partial charge is 0.373 e. The number of carbonyl (C=O) groups is 1. The predicted molar refractivity (Wildman–Crippen MR) is 89.2 cm³/mol. The standard InChI is InChI=1S/C16H25BrN2O/c1-10(2)6-7-18-16(20)13(5)19-15-12(4)8-11(3)9-14(15)17/h8-10,13,19H,6-7H2,1-5H3,(H,18,20). The minimum Gasteiger partial charge on any atom is -0.373 e. The van der Waals surface area contributed by atoms with Gasteiger partial charge < -0.3 is 10.6 Å². The third kappa shape index (κ3) is 5.16. The van der Waals surface area contributed by atoms with E-state index in [1.54, 1.807) is 0 Å². The van der Waals surface area contributed by atoms with Crippen molar-refractivity contribution in [2.75, 3.05) is 11.9 Å². The van der Waals surface area contributed by atoms with E-state index in [0.717, 1.165) is 28.7 Å². The van der Waals surface area contributed by atoms with E-state index in [2.05, 4.69) is 59.5 Å². The SMILES string of the molecule is Cc1cc(C)c(NC(C)C(=O)NCCC(C)C)c(Br)c1. The first kappa shape index (κ1) is 17.0. The molecule has 0 aliphatic rings. The molecular formula is C16H25BrN2O. The normalized spacial score (nSPS) is 12.3. The molecule has 1 atom stereocenters. The van der Waals surface area contributed by atoms with Crippen LogP contribution in [-0.4, -0.2) is 18.5 Å². The maximum atomic E-state index is 12.0. The number of benzene rings is 1. The fourth-order valence-corrected chi connectivity index (χ4v) is 2.81. The number of nitrogens with one attached hydrogen (secondary N) is 2. The number of rotatable bonds is 6. The molecule has 0 aliphatic heterocycles. The van der Waals surface area contributed by atoms with Crippen LogP contribution in [0.3, 0.4) is 0 Å². The molecule has 0 spiro atoms. The molecule has 1 amide bonds. The number of carbonyl (C=O) groups excluding carboxylic acids is 1. The van der Waals surface area contributed by atoms with Gasteiger partial charge in [0.2, 0.25) is 5.91 Å². The first-order valence-electron chi connectivity index (χ1n) is 7.12. The first-order valence-corrected chi connectivity index (χ1v) is 7.91. The summed E-state index contributed by atoms with van der Waals surface area (Å²) >= 11 is 3.55. The van der Waals surface area contributed by atoms with Crippen LogP contribution in [0, 0.1) is 19.8 Å². The maximum absolute atomic E-state index is 12.0. The smallest absolute Gasteiger partial charge is 0.242 e. The molecule has 3 nitrogen and oxygen atoms in total. The Morgan fingerprint density at radius 3 is 2.45 bits per heavy atom. The average Bonchev–Trinajstić information content (AvgIpc) is 2.32. The number of aryl methyl sites for hydroxylation is 2. The van der Waals surface area contributed by atoms with Crippen molar-refractivity contribution in [2.45, 2.75) is 47.1 Å². The average molecular weight is 341 g/mol. The fourth-order valence-electron chi connectivity index (χ4n) is 2.02. The van der Waals surface area contributed by atoms with Gasteiger partial charge in [-0.2, -0.15) is 0 Å². The quantitative estimate of drug-likeness (QED) is 0.820. The van der Waals surface area contributed by atoms with E-state index in [9.17, 15) is 4.79 Å². The number of anilines is 1. The van der Waals surface area contributed by atoms with Gasteiger partial charge >= 0.3 is 0 Å². The summed E-state index contributed by atoms with van der Waals surface area (Å²) in [6.07, 6.45) is 1.01. The van der Waals surface area contributed by atoms with Gasteiger partial charge in [0.1, 0.15) is 6.04 Å². The lowest BCUT2D eigenvalue weighted by molar-refractivity contribution is -0.121. The van der Waals surface area contributed by atoms with Crippen molar-refractivity contribution in [1.29, 1.82) is 0 Å². The second-order valence-electron chi connectivity index (χ2n) is 5.78. The van der Waals surface area contributed by atoms with Gasteiger partial charge in [-0.1, -0.05) is 19.9 Å². The topological polar surface area (TPSA) is 41.1 Å². The van der Waals surface area contributed by atoms with E-state index in [4.69, 9.17) is 0 Å². The second-order valence-corrected chi connectivity index (χ2v) is 6.63. The molecule has 0 aliphatic carbocycles. The van der Waals surface area contributed by atoms with Crippen molar-refractivity contribution in [1.82, 2.24) is 5.32 Å². The predicted octanol–water partition coefficient (Wildman–Crippen LogP) is 4.03. The molecule has 0 heterocycles. The molecule has 1 rings (SSSR count). The van der Waals surface area contributed by atoms with Gasteiger partial charge in [0.05, 0.1) is 5.69 Å². The second kappa shape index (κ2) is 7.67. The van der Waals surface area contributed by atoms with Crippen molar-refractivity contribution in [3.8, 4) is 0 Å². The summed E-state index contributed by atoms with van der Waals surface area (Å²) in [5.74, 6) is 0.643. The maximum Gasteiger partial charge on any atom is 0.242 e. The summed E-state index contributed by atoms with van der Waals surface area (Å²) in [5, 5.41) is 6.25. The van der Waals surface area contributed by atoms with E-state index in [-0.39, 0.29) is 11.9 Å². The van der Waals surface area contributed by atoms with E-state index in [0.29, 0.717) is 5.92 Å². The molecule has 0 radical (unpaired) electrons. The van der Waals surface area contributed by atoms with Gasteiger partial charge in [0, 0.05) is 11.0 Å². The van der Waals surface area contributed by atoms with Crippen LogP contribution >= 0.6 is 15.9 Å². The van der Waals surface area contributed by atoms with Gasteiger partial charge in [-0.3, -0.25) is 4.79 Å². The van der Waals surface area contributed by atoms with Crippen LogP contribution in [-0.2, 0) is 4.79 Å². The van der Waals surface area contributed by atoms with E-state index in [1.807, 2.05) is 13.8 Å². The minimum atomic E-state index is -0.250. The van der Waals surface area contributed by atoms with Crippen molar-refractivity contribution in [3.05, 3.63) is 27.7 Å². The van der Waals surface area contributed by atoms with Gasteiger partial charge in [0.25, 0.3) is 0 Å². The number of amides is 1. The minimum absolute atomic E-state index is 0.0394. The van der Waals surface area contributed by atoms with Crippen LogP contribution in [0.25, 0.3) is 0 Å². The van der Waals surface area contributed by atoms with Crippen LogP contribution < -0.4 is 10.6 Å². The molecule has 0 saturated heterocycles. The lowest BCUT2D eigenvalue weighted by Crippen LogP contribution is -2.38. The highest BCUT2D eigenvalue weighted by Crippen LogP contribution is 2.28. The molecular weight excluding hydrogens is 316 g/mol. The van der Waals surface area contributed by atoms with Gasteiger partial charge in [-0.25, -0.2) is 0 Å². The molecule has 1 aromatic rings. The highest BCUT2D eigenvalue weighted by Gasteiger charge is 2.15. The molecule has 2 N–H and O–H groups in total. The first-order chi connectivity index (χ1) is 9.31. The van der Waals surface area contributed by atoms with Crippen molar-refractivity contribution < 1.29 is 4.79 Å². The zero-order valence-corrected chi connectivity index (χ0v) is 14.6. The number of hydrogen-bond acceptors (Lipinski definition) is 2. The molecule has 4 heteroatoms. The van der Waals surface area contributed by atoms with E-state index < -0.39 is 0 Å². The Hall–Kier alpha value is -1.03. The van der Waals surface area contributed by atoms with Crippen LogP contribution in [0.4, 0.5) is 5.69 Å². The van der Waals surface area contributed by atoms with Gasteiger partial charge in [-0.05, 0) is 66.2 Å². The summed E-state index contributed by atoms with van der Waals surface area (Å²) < 4.78 is 0.997. The Labute approximate surface area is 130 Å². The molecule has 1 unspecified atom stereocenters. The highest BCUT2D eigenvalue weighted by molar-refractivity contribution is 9.10. The Morgan fingerprint density at radius 2 is 1.90 bits per heavy atom. The van der Waals surface area contributed by atoms with Crippen LogP contribution in [0.5, 0.6) is 0 Å². The van der Waals surface area contributed by atoms with Gasteiger partial charge in [0.15, 0.2) is 0 Å². The monoisotopic (exact) mass is 340 g/mol. The Morgan fingerprint density at radius 1 is 1.25 bits per heavy atom.